The minimum atomic E-state index is -0.119. The van der Waals surface area contributed by atoms with E-state index in [4.69, 9.17) is 14.2 Å². The van der Waals surface area contributed by atoms with E-state index in [0.717, 1.165) is 65.9 Å². The van der Waals surface area contributed by atoms with Crippen LogP contribution in [0.5, 0.6) is 17.2 Å². The summed E-state index contributed by atoms with van der Waals surface area (Å²) in [5.41, 5.74) is 12.6. The van der Waals surface area contributed by atoms with Crippen LogP contribution >= 0.6 is 0 Å². The van der Waals surface area contributed by atoms with Crippen molar-refractivity contribution in [3.63, 3.8) is 0 Å². The fourth-order valence-corrected chi connectivity index (χ4v) is 8.23. The molecule has 0 amide bonds. The lowest BCUT2D eigenvalue weighted by atomic mass is 9.73. The number of fused-ring (bicyclic) bond motifs is 8. The Labute approximate surface area is 347 Å². The first-order valence-corrected chi connectivity index (χ1v) is 22.0. The molecule has 3 aromatic rings. The van der Waals surface area contributed by atoms with Crippen LogP contribution in [0.1, 0.15) is 173 Å². The topological polar surface area (TPSA) is 47.9 Å². The summed E-state index contributed by atoms with van der Waals surface area (Å²) >= 11 is 0. The molecule has 0 heterocycles. The normalized spacial score (nSPS) is 17.9. The third-order valence-corrected chi connectivity index (χ3v) is 11.7. The molecule has 2 atom stereocenters. The Bertz CT molecular complexity index is 1950. The molecule has 4 nitrogen and oxygen atoms in total. The summed E-state index contributed by atoms with van der Waals surface area (Å²) < 4.78 is 20.7. The Morgan fingerprint density at radius 1 is 0.526 bits per heavy atom. The van der Waals surface area contributed by atoms with Crippen LogP contribution in [0.3, 0.4) is 0 Å². The third kappa shape index (κ3) is 10.6. The highest BCUT2D eigenvalue weighted by atomic mass is 16.5. The molecule has 0 aromatic heterocycles. The average molecular weight is 777 g/mol. The lowest BCUT2D eigenvalue weighted by Gasteiger charge is -2.36. The van der Waals surface area contributed by atoms with Gasteiger partial charge in [0.05, 0.1) is 19.3 Å². The van der Waals surface area contributed by atoms with Gasteiger partial charge in [-0.2, -0.15) is 0 Å². The molecule has 0 spiro atoms. The maximum atomic E-state index is 12.4. The van der Waals surface area contributed by atoms with Gasteiger partial charge in [0.25, 0.3) is 0 Å². The van der Waals surface area contributed by atoms with Gasteiger partial charge in [-0.25, -0.2) is 0 Å². The fraction of sp³-hybridized carbons (Fsp3) is 0.585. The van der Waals surface area contributed by atoms with Gasteiger partial charge >= 0.3 is 0 Å². The van der Waals surface area contributed by atoms with Gasteiger partial charge in [0, 0.05) is 25.4 Å². The lowest BCUT2D eigenvalue weighted by Crippen LogP contribution is -2.33. The molecular weight excluding hydrogens is 701 g/mol. The Morgan fingerprint density at radius 2 is 0.930 bits per heavy atom. The van der Waals surface area contributed by atoms with Gasteiger partial charge in [-0.3, -0.25) is 0 Å². The van der Waals surface area contributed by atoms with E-state index < -0.39 is 0 Å². The predicted octanol–water partition coefficient (Wildman–Crippen LogP) is 13.5. The number of phenolic OH excluding ortho intramolecular Hbond substituents is 1. The smallest absolute Gasteiger partial charge is 0.126 e. The van der Waals surface area contributed by atoms with E-state index in [2.05, 4.69) is 152 Å². The van der Waals surface area contributed by atoms with Crippen molar-refractivity contribution < 1.29 is 19.3 Å². The number of hydrogen-bond donors (Lipinski definition) is 1. The molecule has 2 aliphatic carbocycles. The van der Waals surface area contributed by atoms with Gasteiger partial charge in [0.1, 0.15) is 17.2 Å². The van der Waals surface area contributed by atoms with Crippen LogP contribution in [-0.4, -0.2) is 31.0 Å². The number of allylic oxidation sites excluding steroid dienone is 2. The number of rotatable bonds is 9. The van der Waals surface area contributed by atoms with Gasteiger partial charge in [0.15, 0.2) is 0 Å². The summed E-state index contributed by atoms with van der Waals surface area (Å²) in [6.45, 7) is 36.1. The summed E-state index contributed by atoms with van der Waals surface area (Å²) in [6, 6.07) is 14.0. The van der Waals surface area contributed by atoms with Crippen LogP contribution < -0.4 is 9.47 Å². The summed E-state index contributed by atoms with van der Waals surface area (Å²) in [4.78, 5) is 0. The molecule has 0 saturated carbocycles. The van der Waals surface area contributed by atoms with Crippen molar-refractivity contribution in [3.8, 4) is 17.2 Å². The maximum absolute atomic E-state index is 12.4. The summed E-state index contributed by atoms with van der Waals surface area (Å²) in [5, 5.41) is 12.4. The van der Waals surface area contributed by atoms with Crippen molar-refractivity contribution in [2.24, 2.45) is 11.3 Å². The Hall–Kier alpha value is -3.50. The van der Waals surface area contributed by atoms with Crippen molar-refractivity contribution in [2.75, 3.05) is 19.8 Å². The predicted molar refractivity (Wildman–Crippen MR) is 241 cm³/mol. The zero-order valence-electron chi connectivity index (χ0n) is 38.5. The fourth-order valence-electron chi connectivity index (χ4n) is 8.23. The van der Waals surface area contributed by atoms with Crippen LogP contribution in [-0.2, 0) is 46.7 Å². The van der Waals surface area contributed by atoms with E-state index in [-0.39, 0.29) is 33.7 Å². The molecule has 5 rings (SSSR count). The first kappa shape index (κ1) is 44.6. The van der Waals surface area contributed by atoms with Gasteiger partial charge in [-0.1, -0.05) is 152 Å². The van der Waals surface area contributed by atoms with E-state index in [0.29, 0.717) is 38.4 Å². The number of phenols is 1. The molecule has 2 aliphatic rings. The monoisotopic (exact) mass is 777 g/mol. The van der Waals surface area contributed by atoms with Crippen LogP contribution in [0, 0.1) is 11.3 Å². The van der Waals surface area contributed by atoms with Crippen LogP contribution in [0.15, 0.2) is 59.7 Å². The van der Waals surface area contributed by atoms with Crippen molar-refractivity contribution >= 4 is 0 Å². The summed E-state index contributed by atoms with van der Waals surface area (Å²) in [7, 11) is 0. The highest BCUT2D eigenvalue weighted by molar-refractivity contribution is 5.57. The second-order valence-electron chi connectivity index (χ2n) is 21.1. The van der Waals surface area contributed by atoms with Gasteiger partial charge in [0.2, 0.25) is 0 Å². The SMILES string of the molecule is CCCOc1c2cc(C(C)(C)C)cc1Cc1cc(C(C)(C)C)cc(c1O)Cc1cc(C(C)(C)C)cc(c1OCCC)CC1C=C(C(C)(C)C)C=C(C2)C1OCCC. The number of ether oxygens (including phenoxy) is 3. The molecular formula is C53H76O4. The van der Waals surface area contributed by atoms with E-state index in [9.17, 15) is 5.11 Å². The molecule has 1 N–H and O–H groups in total. The zero-order chi connectivity index (χ0) is 42.1. The number of hydrogen-bond acceptors (Lipinski definition) is 4. The Morgan fingerprint density at radius 3 is 1.35 bits per heavy atom. The second-order valence-corrected chi connectivity index (χ2v) is 21.1. The van der Waals surface area contributed by atoms with Gasteiger partial charge < -0.3 is 19.3 Å². The molecule has 2 unspecified atom stereocenters. The number of aromatic hydroxyl groups is 1. The molecule has 312 valence electrons. The number of benzene rings is 3. The minimum absolute atomic E-state index is 0.0506. The Kier molecular flexibility index (Phi) is 13.6. The van der Waals surface area contributed by atoms with Gasteiger partial charge in [-0.15, -0.1) is 0 Å². The van der Waals surface area contributed by atoms with Gasteiger partial charge in [-0.05, 0) is 115 Å². The molecule has 8 bridgehead atoms. The molecule has 3 aromatic carbocycles. The maximum Gasteiger partial charge on any atom is 0.126 e. The highest BCUT2D eigenvalue weighted by Gasteiger charge is 2.35. The molecule has 0 fully saturated rings. The molecule has 57 heavy (non-hydrogen) atoms. The highest BCUT2D eigenvalue weighted by Crippen LogP contribution is 2.45. The van der Waals surface area contributed by atoms with Crippen LogP contribution in [0.4, 0.5) is 0 Å². The lowest BCUT2D eigenvalue weighted by molar-refractivity contribution is 0.0468. The summed E-state index contributed by atoms with van der Waals surface area (Å²) in [6.07, 6.45) is 10.3. The first-order valence-electron chi connectivity index (χ1n) is 22.0. The zero-order valence-corrected chi connectivity index (χ0v) is 38.5. The molecule has 0 saturated heterocycles. The molecule has 4 heteroatoms. The van der Waals surface area contributed by atoms with Crippen molar-refractivity contribution in [1.82, 2.24) is 0 Å². The van der Waals surface area contributed by atoms with E-state index in [1.54, 1.807) is 0 Å². The van der Waals surface area contributed by atoms with Crippen LogP contribution in [0.25, 0.3) is 0 Å². The van der Waals surface area contributed by atoms with E-state index in [1.807, 2.05) is 0 Å². The quantitative estimate of drug-likeness (QED) is 0.235. The average Bonchev–Trinajstić information content (AvgIpc) is 3.09. The first-order chi connectivity index (χ1) is 26.5. The van der Waals surface area contributed by atoms with Crippen LogP contribution in [0.2, 0.25) is 0 Å². The molecule has 0 aliphatic heterocycles. The molecule has 0 radical (unpaired) electrons. The Balaban J connectivity index is 1.93. The third-order valence-electron chi connectivity index (χ3n) is 11.7. The van der Waals surface area contributed by atoms with Crippen molar-refractivity contribution in [2.45, 2.75) is 171 Å². The van der Waals surface area contributed by atoms with E-state index in [1.165, 1.54) is 39.0 Å². The largest absolute Gasteiger partial charge is 0.507 e. The van der Waals surface area contributed by atoms with Crippen molar-refractivity contribution in [3.05, 3.63) is 110 Å². The van der Waals surface area contributed by atoms with E-state index >= 15 is 0 Å². The summed E-state index contributed by atoms with van der Waals surface area (Å²) in [5.74, 6) is 2.38. The minimum Gasteiger partial charge on any atom is -0.507 e. The standard InChI is InChI=1S/C53H76O4/c1-16-19-55-47-36-22-34-26-42(50(4,5)6)27-35(46(34)54)23-37-29-44(52(10,11)12)31-39(48(37)56-20-17-2)25-41-33-45(53(13,14)15)32-40(49(41)57-21-18-3)24-38(47)30-43(28-36)51(7,8)9/h26-33,40,49,54H,16-25H2,1-15H3. The second kappa shape index (κ2) is 17.4. The van der Waals surface area contributed by atoms with Crippen molar-refractivity contribution in [1.29, 1.82) is 0 Å².